The smallest absolute Gasteiger partial charge is 0.246 e. The Labute approximate surface area is 387 Å². The molecule has 1 fully saturated rings. The first-order chi connectivity index (χ1) is 30.1. The molecule has 5 atom stereocenters. The van der Waals surface area contributed by atoms with Gasteiger partial charge in [0.2, 0.25) is 23.6 Å². The average molecular weight is 934 g/mol. The summed E-state index contributed by atoms with van der Waals surface area (Å²) in [7, 11) is 0. The van der Waals surface area contributed by atoms with Crippen LogP contribution in [-0.4, -0.2) is 128 Å². The summed E-state index contributed by atoms with van der Waals surface area (Å²) in [6.45, 7) is 12.5. The fourth-order valence-electron chi connectivity index (χ4n) is 6.88. The van der Waals surface area contributed by atoms with Crippen molar-refractivity contribution in [1.29, 1.82) is 0 Å². The minimum atomic E-state index is -0.956. The number of primary amides is 1. The Kier molecular flexibility index (Phi) is 23.8. The normalized spacial score (nSPS) is 16.5. The molecule has 1 aliphatic heterocycles. The first-order valence-corrected chi connectivity index (χ1v) is 22.6. The largest absolute Gasteiger partial charge is 0.391 e. The molecular weight excluding hydrogens is 864 g/mol. The number of carbonyl (C=O) groups excluding carboxylic acids is 4. The van der Waals surface area contributed by atoms with Gasteiger partial charge in [0, 0.05) is 38.6 Å². The molecule has 1 aromatic heterocycles. The molecule has 4 amide bonds. The molecular formula is C46H69ClN6O10S. The van der Waals surface area contributed by atoms with Gasteiger partial charge in [-0.15, -0.1) is 23.7 Å². The second kappa shape index (κ2) is 28.1. The number of hydrogen-bond donors (Lipinski definition) is 5. The highest BCUT2D eigenvalue weighted by molar-refractivity contribution is 7.13. The third-order valence-electron chi connectivity index (χ3n) is 10.7. The predicted molar refractivity (Wildman–Crippen MR) is 248 cm³/mol. The maximum absolute atomic E-state index is 13.9. The molecule has 0 spiro atoms. The Morgan fingerprint density at radius 3 is 2.09 bits per heavy atom. The van der Waals surface area contributed by atoms with Gasteiger partial charge in [-0.25, -0.2) is 4.98 Å². The Morgan fingerprint density at radius 1 is 0.906 bits per heavy atom. The van der Waals surface area contributed by atoms with Gasteiger partial charge in [0.05, 0.1) is 74.5 Å². The minimum Gasteiger partial charge on any atom is -0.391 e. The van der Waals surface area contributed by atoms with Crippen molar-refractivity contribution < 1.29 is 48.0 Å². The molecule has 18 heteroatoms. The number of aliphatic hydroxyl groups is 1. The number of nitrogens with two attached hydrogens (primary N) is 2. The van der Waals surface area contributed by atoms with Crippen LogP contribution in [0.15, 0.2) is 54.0 Å². The van der Waals surface area contributed by atoms with E-state index in [9.17, 15) is 24.3 Å². The maximum Gasteiger partial charge on any atom is 0.246 e. The zero-order valence-corrected chi connectivity index (χ0v) is 39.5. The van der Waals surface area contributed by atoms with Gasteiger partial charge in [0.15, 0.2) is 0 Å². The van der Waals surface area contributed by atoms with Gasteiger partial charge in [-0.1, -0.05) is 69.3 Å². The number of thiazole rings is 1. The number of nitrogens with zero attached hydrogens (tertiary/aromatic N) is 2. The highest BCUT2D eigenvalue weighted by atomic mass is 35.5. The summed E-state index contributed by atoms with van der Waals surface area (Å²) in [5.41, 5.74) is 17.6. The van der Waals surface area contributed by atoms with E-state index >= 15 is 0 Å². The molecule has 1 aliphatic rings. The van der Waals surface area contributed by atoms with Crippen LogP contribution in [0, 0.1) is 12.3 Å². The van der Waals surface area contributed by atoms with Crippen molar-refractivity contribution in [3.63, 3.8) is 0 Å². The number of β-amino-alcohol motifs (C(OH)–C–C–N with tert-alkyl or cyclic N) is 1. The number of amides is 4. The second-order valence-corrected chi connectivity index (χ2v) is 17.8. The fraction of sp³-hybridized carbons (Fsp3) is 0.587. The van der Waals surface area contributed by atoms with Crippen LogP contribution in [0.3, 0.4) is 0 Å². The molecule has 0 aliphatic carbocycles. The molecule has 0 saturated carbocycles. The SMILES string of the molecule is Cc1ncsc1-c1ccc(CNC(=O)[C@@H]2C[C@@H](O)CN2C(=O)[C@@H](NC(=O)COCCOCCOCCOCCCc2ccc(CO[C@H](C)[C@@H](N)CCC(N)=O)cc2)C(C)(C)C)cc1.Cl. The van der Waals surface area contributed by atoms with Crippen molar-refractivity contribution in [2.75, 3.05) is 59.4 Å². The number of likely N-dealkylation sites (tertiary alicyclic amines) is 1. The number of aliphatic hydroxyl groups excluding tert-OH is 1. The molecule has 2 heterocycles. The summed E-state index contributed by atoms with van der Waals surface area (Å²) in [6.07, 6.45) is 1.57. The van der Waals surface area contributed by atoms with Crippen LogP contribution in [0.25, 0.3) is 10.4 Å². The van der Waals surface area contributed by atoms with Crippen molar-refractivity contribution in [1.82, 2.24) is 20.5 Å². The van der Waals surface area contributed by atoms with E-state index in [-0.39, 0.29) is 82.1 Å². The van der Waals surface area contributed by atoms with E-state index in [2.05, 4.69) is 27.8 Å². The van der Waals surface area contributed by atoms with Crippen molar-refractivity contribution >= 4 is 47.4 Å². The molecule has 3 aromatic rings. The van der Waals surface area contributed by atoms with E-state index < -0.39 is 35.4 Å². The fourth-order valence-corrected chi connectivity index (χ4v) is 7.69. The van der Waals surface area contributed by atoms with E-state index in [1.165, 1.54) is 10.5 Å². The molecule has 0 radical (unpaired) electrons. The van der Waals surface area contributed by atoms with Gasteiger partial charge in [-0.2, -0.15) is 0 Å². The second-order valence-electron chi connectivity index (χ2n) is 16.9. The van der Waals surface area contributed by atoms with Gasteiger partial charge < -0.3 is 55.8 Å². The van der Waals surface area contributed by atoms with Gasteiger partial charge in [-0.3, -0.25) is 19.2 Å². The number of ether oxygens (including phenoxy) is 5. The molecule has 4 rings (SSSR count). The molecule has 64 heavy (non-hydrogen) atoms. The van der Waals surface area contributed by atoms with Crippen molar-refractivity contribution in [2.45, 2.75) is 110 Å². The summed E-state index contributed by atoms with van der Waals surface area (Å²) in [5.74, 6) is -1.65. The third-order valence-corrected chi connectivity index (χ3v) is 11.7. The average Bonchev–Trinajstić information content (AvgIpc) is 3.87. The maximum atomic E-state index is 13.9. The van der Waals surface area contributed by atoms with Crippen LogP contribution in [-0.2, 0) is 62.4 Å². The lowest BCUT2D eigenvalue weighted by molar-refractivity contribution is -0.144. The number of carbonyl (C=O) groups is 4. The van der Waals surface area contributed by atoms with Gasteiger partial charge >= 0.3 is 0 Å². The number of nitrogens with one attached hydrogen (secondary N) is 2. The Hall–Kier alpha value is -4.04. The van der Waals surface area contributed by atoms with Crippen molar-refractivity contribution in [3.8, 4) is 10.4 Å². The quantitative estimate of drug-likeness (QED) is 0.0655. The van der Waals surface area contributed by atoms with Gasteiger partial charge in [-0.05, 0) is 60.8 Å². The Bertz CT molecular complexity index is 1860. The molecule has 0 unspecified atom stereocenters. The highest BCUT2D eigenvalue weighted by Crippen LogP contribution is 2.28. The summed E-state index contributed by atoms with van der Waals surface area (Å²) < 4.78 is 28.2. The number of aryl methyl sites for hydroxylation is 2. The van der Waals surface area contributed by atoms with Gasteiger partial charge in [0.1, 0.15) is 18.7 Å². The summed E-state index contributed by atoms with van der Waals surface area (Å²) in [6, 6.07) is 14.0. The zero-order valence-electron chi connectivity index (χ0n) is 37.9. The topological polar surface area (TPSA) is 227 Å². The first kappa shape index (κ1) is 54.3. The first-order valence-electron chi connectivity index (χ1n) is 21.7. The van der Waals surface area contributed by atoms with E-state index in [0.29, 0.717) is 46.1 Å². The number of aromatic nitrogens is 1. The van der Waals surface area contributed by atoms with Crippen LogP contribution >= 0.6 is 23.7 Å². The lowest BCUT2D eigenvalue weighted by Crippen LogP contribution is -2.58. The third kappa shape index (κ3) is 18.8. The Balaban J connectivity index is 0.0000109. The molecule has 356 valence electrons. The van der Waals surface area contributed by atoms with Crippen LogP contribution in [0.4, 0.5) is 0 Å². The van der Waals surface area contributed by atoms with Crippen LogP contribution in [0.5, 0.6) is 0 Å². The zero-order chi connectivity index (χ0) is 45.8. The lowest BCUT2D eigenvalue weighted by Gasteiger charge is -2.35. The molecule has 2 aromatic carbocycles. The number of hydrogen-bond acceptors (Lipinski definition) is 13. The molecule has 0 bridgehead atoms. The van der Waals surface area contributed by atoms with Crippen LogP contribution in [0.1, 0.15) is 75.8 Å². The summed E-state index contributed by atoms with van der Waals surface area (Å²) in [5, 5.41) is 16.2. The summed E-state index contributed by atoms with van der Waals surface area (Å²) >= 11 is 1.57. The number of benzene rings is 2. The lowest BCUT2D eigenvalue weighted by atomic mass is 9.85. The van der Waals surface area contributed by atoms with Crippen LogP contribution in [0.2, 0.25) is 0 Å². The number of halogens is 1. The van der Waals surface area contributed by atoms with E-state index in [4.69, 9.17) is 35.2 Å². The molecule has 1 saturated heterocycles. The van der Waals surface area contributed by atoms with E-state index in [1.54, 1.807) is 11.3 Å². The Morgan fingerprint density at radius 2 is 1.50 bits per heavy atom. The van der Waals surface area contributed by atoms with E-state index in [1.807, 2.05) is 76.5 Å². The molecule has 16 nitrogen and oxygen atoms in total. The predicted octanol–water partition coefficient (Wildman–Crippen LogP) is 3.85. The van der Waals surface area contributed by atoms with Crippen molar-refractivity contribution in [2.24, 2.45) is 16.9 Å². The van der Waals surface area contributed by atoms with Gasteiger partial charge in [0.25, 0.3) is 0 Å². The summed E-state index contributed by atoms with van der Waals surface area (Å²) in [4.78, 5) is 57.9. The number of rotatable bonds is 28. The minimum absolute atomic E-state index is 0. The standard InChI is InChI=1S/C46H68N6O10S.ClH/c1-31-42(63-30-50-31)36-14-12-34(13-15-36)26-49-44(56)39-25-37(53)27-52(39)45(57)43(46(3,4)5)51-41(55)29-61-24-23-60-22-21-59-20-19-58-18-6-7-33-8-10-35(11-9-33)28-62-32(2)38(47)16-17-40(48)54;/h8-15,30,32,37-39,43,53H,6-7,16-29,47H2,1-5H3,(H2,48,54)(H,49,56)(H,51,55);1H/t32-,37-,38+,39+,43-;/m1./s1. The molecule has 7 N–H and O–H groups in total. The van der Waals surface area contributed by atoms with E-state index in [0.717, 1.165) is 40.1 Å². The van der Waals surface area contributed by atoms with Crippen LogP contribution < -0.4 is 22.1 Å². The monoisotopic (exact) mass is 932 g/mol. The highest BCUT2D eigenvalue weighted by Gasteiger charge is 2.44. The van der Waals surface area contributed by atoms with Crippen molar-refractivity contribution in [3.05, 3.63) is 76.4 Å².